The molecule has 0 N–H and O–H groups in total. The Hall–Kier alpha value is -1.50. The van der Waals surface area contributed by atoms with Crippen LogP contribution in [0.25, 0.3) is 0 Å². The second-order valence-corrected chi connectivity index (χ2v) is 15.5. The van der Waals surface area contributed by atoms with Gasteiger partial charge in [-0.15, -0.1) is 0 Å². The van der Waals surface area contributed by atoms with E-state index in [1.54, 1.807) is 9.80 Å². The van der Waals surface area contributed by atoms with Crippen LogP contribution in [0.4, 0.5) is 0 Å². The average Bonchev–Trinajstić information content (AvgIpc) is 3.48. The lowest BCUT2D eigenvalue weighted by Gasteiger charge is -2.35. The number of carbonyl (C=O) groups is 4. The van der Waals surface area contributed by atoms with E-state index in [0.717, 1.165) is 90.1 Å². The third kappa shape index (κ3) is 8.85. The van der Waals surface area contributed by atoms with Gasteiger partial charge in [0.15, 0.2) is 0 Å². The Morgan fingerprint density at radius 3 is 1.45 bits per heavy atom. The lowest BCUT2D eigenvalue weighted by atomic mass is 9.99. The van der Waals surface area contributed by atoms with Gasteiger partial charge in [0.1, 0.15) is 8.64 Å². The first-order valence-corrected chi connectivity index (χ1v) is 19.1. The van der Waals surface area contributed by atoms with E-state index in [9.17, 15) is 19.2 Å². The van der Waals surface area contributed by atoms with E-state index in [2.05, 4.69) is 23.6 Å². The maximum absolute atomic E-state index is 13.3. The van der Waals surface area contributed by atoms with Crippen molar-refractivity contribution in [1.29, 1.82) is 0 Å². The van der Waals surface area contributed by atoms with Crippen LogP contribution in [0.3, 0.4) is 0 Å². The van der Waals surface area contributed by atoms with Gasteiger partial charge in [0.05, 0.1) is 9.81 Å². The van der Waals surface area contributed by atoms with Crippen molar-refractivity contribution in [2.24, 2.45) is 0 Å². The molecule has 2 atom stereocenters. The minimum Gasteiger partial charge on any atom is -0.340 e. The molecule has 4 amide bonds. The molecule has 244 valence electrons. The van der Waals surface area contributed by atoms with Gasteiger partial charge in [0.2, 0.25) is 11.8 Å². The summed E-state index contributed by atoms with van der Waals surface area (Å²) < 4.78 is 0.934. The van der Waals surface area contributed by atoms with Crippen LogP contribution < -0.4 is 0 Å². The summed E-state index contributed by atoms with van der Waals surface area (Å²) in [6.07, 6.45) is 14.7. The van der Waals surface area contributed by atoms with Gasteiger partial charge >= 0.3 is 0 Å². The fraction of sp³-hybridized carbons (Fsp3) is 0.750. The van der Waals surface area contributed by atoms with Crippen molar-refractivity contribution in [1.82, 2.24) is 19.6 Å². The van der Waals surface area contributed by atoms with Gasteiger partial charge in [-0.05, 0) is 77.0 Å². The van der Waals surface area contributed by atoms with Gasteiger partial charge in [-0.2, -0.15) is 0 Å². The van der Waals surface area contributed by atoms with Crippen molar-refractivity contribution < 1.29 is 19.2 Å². The van der Waals surface area contributed by atoms with E-state index in [1.165, 1.54) is 36.4 Å². The number of hydrogen-bond donors (Lipinski definition) is 0. The fourth-order valence-corrected chi connectivity index (χ4v) is 9.47. The normalized spacial score (nSPS) is 24.7. The third-order valence-electron chi connectivity index (χ3n) is 9.29. The van der Waals surface area contributed by atoms with Gasteiger partial charge in [-0.1, -0.05) is 74.6 Å². The van der Waals surface area contributed by atoms with Crippen molar-refractivity contribution in [3.63, 3.8) is 0 Å². The van der Waals surface area contributed by atoms with Crippen LogP contribution in [0, 0.1) is 0 Å². The lowest BCUT2D eigenvalue weighted by Crippen LogP contribution is -2.43. The topological polar surface area (TPSA) is 81.2 Å². The minimum absolute atomic E-state index is 0.225. The van der Waals surface area contributed by atoms with Crippen molar-refractivity contribution in [3.8, 4) is 0 Å². The fourth-order valence-electron chi connectivity index (χ4n) is 6.70. The molecule has 4 aliphatic heterocycles. The summed E-state index contributed by atoms with van der Waals surface area (Å²) >= 11 is 13.4. The van der Waals surface area contributed by atoms with Gasteiger partial charge in [0.25, 0.3) is 11.8 Å². The summed E-state index contributed by atoms with van der Waals surface area (Å²) in [4.78, 5) is 60.1. The van der Waals surface area contributed by atoms with Crippen LogP contribution in [0.5, 0.6) is 0 Å². The molecule has 0 radical (unpaired) electrons. The molecule has 0 bridgehead atoms. The molecule has 4 aliphatic rings. The Balaban J connectivity index is 1.18. The zero-order chi connectivity index (χ0) is 31.6. The molecule has 2 unspecified atom stereocenters. The highest BCUT2D eigenvalue weighted by Gasteiger charge is 2.41. The summed E-state index contributed by atoms with van der Waals surface area (Å²) in [5.41, 5.74) is 0. The zero-order valence-corrected chi connectivity index (χ0v) is 29.6. The Morgan fingerprint density at radius 2 is 1.07 bits per heavy atom. The molecule has 4 rings (SSSR count). The van der Waals surface area contributed by atoms with Crippen molar-refractivity contribution in [2.45, 2.75) is 129 Å². The van der Waals surface area contributed by atoms with Crippen molar-refractivity contribution in [3.05, 3.63) is 9.81 Å². The van der Waals surface area contributed by atoms with Crippen LogP contribution in [-0.4, -0.2) is 90.1 Å². The molecule has 0 aliphatic carbocycles. The second kappa shape index (κ2) is 17.4. The number of thiocarbonyl (C=S) groups is 2. The Bertz CT molecular complexity index is 1060. The summed E-state index contributed by atoms with van der Waals surface area (Å²) in [7, 11) is 0. The second-order valence-electron chi connectivity index (χ2n) is 12.2. The third-order valence-corrected chi connectivity index (χ3v) is 12.3. The van der Waals surface area contributed by atoms with Crippen LogP contribution in [0.15, 0.2) is 9.81 Å². The van der Waals surface area contributed by atoms with E-state index >= 15 is 0 Å². The van der Waals surface area contributed by atoms with Crippen LogP contribution in [0.1, 0.15) is 117 Å². The van der Waals surface area contributed by atoms with Crippen molar-refractivity contribution in [2.75, 3.05) is 26.2 Å². The first kappa shape index (κ1) is 35.4. The van der Waals surface area contributed by atoms with Gasteiger partial charge in [0, 0.05) is 51.1 Å². The van der Waals surface area contributed by atoms with Gasteiger partial charge < -0.3 is 9.80 Å². The quantitative estimate of drug-likeness (QED) is 0.115. The molecular formula is C32H48N4O4S4. The number of unbranched alkanes of at least 4 members (excludes halogenated alkanes) is 4. The number of rotatable bonds is 14. The van der Waals surface area contributed by atoms with E-state index in [0.29, 0.717) is 56.5 Å². The van der Waals surface area contributed by atoms with E-state index in [1.807, 2.05) is 0 Å². The highest BCUT2D eigenvalue weighted by molar-refractivity contribution is 8.29. The molecule has 8 nitrogen and oxygen atoms in total. The zero-order valence-electron chi connectivity index (χ0n) is 26.4. The van der Waals surface area contributed by atoms with E-state index in [4.69, 9.17) is 24.4 Å². The molecule has 4 saturated heterocycles. The molecule has 4 heterocycles. The van der Waals surface area contributed by atoms with Crippen LogP contribution >= 0.6 is 48.0 Å². The Labute approximate surface area is 282 Å². The van der Waals surface area contributed by atoms with Crippen molar-refractivity contribution >= 4 is 80.2 Å². The number of amides is 4. The SMILES string of the molecule is CCC1CCCCN1C(=O)CCCCCN1C(=O)/C(=C2\SC(=S)N(CCCCCC(=O)N3CCCCC3CC)C2=O)SC1=S. The van der Waals surface area contributed by atoms with E-state index in [-0.39, 0.29) is 23.6 Å². The maximum Gasteiger partial charge on any atom is 0.267 e. The summed E-state index contributed by atoms with van der Waals surface area (Å²) in [5.74, 6) is 0.0510. The summed E-state index contributed by atoms with van der Waals surface area (Å²) in [5, 5.41) is 0. The van der Waals surface area contributed by atoms with Crippen LogP contribution in [-0.2, 0) is 19.2 Å². The lowest BCUT2D eigenvalue weighted by molar-refractivity contribution is -0.135. The molecule has 12 heteroatoms. The number of hydrogen-bond acceptors (Lipinski definition) is 8. The van der Waals surface area contributed by atoms with Gasteiger partial charge in [-0.25, -0.2) is 0 Å². The predicted octanol–water partition coefficient (Wildman–Crippen LogP) is 6.62. The molecule has 0 aromatic rings. The highest BCUT2D eigenvalue weighted by atomic mass is 32.2. The highest BCUT2D eigenvalue weighted by Crippen LogP contribution is 2.42. The average molecular weight is 681 g/mol. The monoisotopic (exact) mass is 680 g/mol. The smallest absolute Gasteiger partial charge is 0.267 e. The molecule has 4 fully saturated rings. The van der Waals surface area contributed by atoms with E-state index < -0.39 is 0 Å². The number of nitrogens with zero attached hydrogens (tertiary/aromatic N) is 4. The molecular weight excluding hydrogens is 633 g/mol. The van der Waals surface area contributed by atoms with Crippen LogP contribution in [0.2, 0.25) is 0 Å². The first-order chi connectivity index (χ1) is 21.3. The molecule has 0 aromatic heterocycles. The largest absolute Gasteiger partial charge is 0.340 e. The number of likely N-dealkylation sites (tertiary alicyclic amines) is 2. The predicted molar refractivity (Wildman–Crippen MR) is 187 cm³/mol. The summed E-state index contributed by atoms with van der Waals surface area (Å²) in [6.45, 7) is 7.03. The summed E-state index contributed by atoms with van der Waals surface area (Å²) in [6, 6.07) is 0.765. The standard InChI is InChI=1S/C32H48N4O4S4/c1-3-23-15-9-13-19-33(23)25(37)17-7-5-11-21-35-29(39)27(43-31(35)41)28-30(40)36(32(42)44-28)22-12-6-8-18-26(38)34-20-14-10-16-24(34)4-2/h23-24H,3-22H2,1-2H3/b28-27+. The molecule has 44 heavy (non-hydrogen) atoms. The Kier molecular flexibility index (Phi) is 14.0. The minimum atomic E-state index is -0.225. The first-order valence-electron chi connectivity index (χ1n) is 16.7. The maximum atomic E-state index is 13.3. The Morgan fingerprint density at radius 1 is 0.659 bits per heavy atom. The number of thioether (sulfide) groups is 2. The molecule has 0 spiro atoms. The number of piperidine rings is 2. The molecule has 0 aromatic carbocycles. The number of carbonyl (C=O) groups excluding carboxylic acids is 4. The molecule has 0 saturated carbocycles. The van der Waals surface area contributed by atoms with Gasteiger partial charge in [-0.3, -0.25) is 29.0 Å².